The third kappa shape index (κ3) is 4.75. The van der Waals surface area contributed by atoms with Crippen molar-refractivity contribution in [3.05, 3.63) is 81.2 Å². The molecule has 0 bridgehead atoms. The van der Waals surface area contributed by atoms with Gasteiger partial charge in [0.05, 0.1) is 27.2 Å². The highest BCUT2D eigenvalue weighted by atomic mass is 35.5. The first kappa shape index (κ1) is 21.8. The van der Waals surface area contributed by atoms with Gasteiger partial charge >= 0.3 is 5.97 Å². The fourth-order valence-corrected chi connectivity index (χ4v) is 4.79. The van der Waals surface area contributed by atoms with E-state index < -0.39 is 5.97 Å². The first-order valence-electron chi connectivity index (χ1n) is 9.01. The Hall–Kier alpha value is -2.45. The molecule has 158 valence electrons. The van der Waals surface area contributed by atoms with E-state index in [0.717, 1.165) is 16.6 Å². The van der Waals surface area contributed by atoms with E-state index in [9.17, 15) is 9.90 Å². The maximum atomic E-state index is 11.2. The zero-order valence-corrected chi connectivity index (χ0v) is 19.2. The summed E-state index contributed by atoms with van der Waals surface area (Å²) in [5.74, 6) is -0.539. The van der Waals surface area contributed by atoms with Gasteiger partial charge in [-0.05, 0) is 53.9 Å². The van der Waals surface area contributed by atoms with Crippen molar-refractivity contribution in [1.29, 1.82) is 0 Å². The van der Waals surface area contributed by atoms with Gasteiger partial charge in [-0.1, -0.05) is 34.8 Å². The number of aryl methyl sites for hydroxylation is 1. The van der Waals surface area contributed by atoms with Gasteiger partial charge < -0.3 is 9.67 Å². The molecule has 0 atom stereocenters. The number of hydrogen-bond acceptors (Lipinski definition) is 5. The number of carboxylic acids is 1. The smallest absolute Gasteiger partial charge is 0.335 e. The average molecular weight is 494 g/mol. The maximum Gasteiger partial charge on any atom is 0.335 e. The standard InChI is InChI=1S/C21H15Cl3N4O2S/c1-27-5-4-13-6-12(9-25-19(13)27)11-28(20-17(24)8-15(22)10-26-20)31-18-3-2-14(21(29)30)7-16(18)23/h2-10H,11H2,1H3,(H,29,30). The molecule has 10 heteroatoms. The van der Waals surface area contributed by atoms with Crippen LogP contribution in [0.1, 0.15) is 15.9 Å². The topological polar surface area (TPSA) is 71.2 Å². The Morgan fingerprint density at radius 3 is 2.61 bits per heavy atom. The molecule has 0 unspecified atom stereocenters. The summed E-state index contributed by atoms with van der Waals surface area (Å²) in [6.45, 7) is 0.424. The summed E-state index contributed by atoms with van der Waals surface area (Å²) in [5.41, 5.74) is 1.94. The first-order valence-corrected chi connectivity index (χ1v) is 10.9. The number of carboxylic acid groups (broad SMARTS) is 1. The number of nitrogens with zero attached hydrogens (tertiary/aromatic N) is 4. The van der Waals surface area contributed by atoms with Gasteiger partial charge in [-0.2, -0.15) is 0 Å². The minimum absolute atomic E-state index is 0.113. The van der Waals surface area contributed by atoms with Crippen molar-refractivity contribution < 1.29 is 9.90 Å². The van der Waals surface area contributed by atoms with Gasteiger partial charge in [-0.25, -0.2) is 14.8 Å². The summed E-state index contributed by atoms with van der Waals surface area (Å²) >= 11 is 20.1. The first-order chi connectivity index (χ1) is 14.8. The van der Waals surface area contributed by atoms with Crippen LogP contribution in [0.25, 0.3) is 11.0 Å². The number of benzene rings is 1. The van der Waals surface area contributed by atoms with Crippen LogP contribution in [0.15, 0.2) is 59.9 Å². The van der Waals surface area contributed by atoms with Gasteiger partial charge in [0.15, 0.2) is 5.82 Å². The van der Waals surface area contributed by atoms with E-state index in [1.54, 1.807) is 18.3 Å². The van der Waals surface area contributed by atoms with Gasteiger partial charge in [0, 0.05) is 35.9 Å². The monoisotopic (exact) mass is 492 g/mol. The summed E-state index contributed by atoms with van der Waals surface area (Å²) in [5, 5.41) is 11.3. The van der Waals surface area contributed by atoms with Crippen LogP contribution in [0.5, 0.6) is 0 Å². The molecule has 3 heterocycles. The molecule has 0 amide bonds. The molecule has 3 aromatic heterocycles. The number of halogens is 3. The normalized spacial score (nSPS) is 11.1. The molecule has 6 nitrogen and oxygen atoms in total. The summed E-state index contributed by atoms with van der Waals surface area (Å²) in [6, 6.07) is 10.2. The van der Waals surface area contributed by atoms with Crippen LogP contribution in [0.2, 0.25) is 15.1 Å². The molecule has 0 saturated heterocycles. The fraction of sp³-hybridized carbons (Fsp3) is 0.0952. The Labute approximate surface area is 197 Å². The second kappa shape index (κ2) is 8.96. The number of anilines is 1. The van der Waals surface area contributed by atoms with Crippen LogP contribution in [-0.4, -0.2) is 25.6 Å². The molecule has 0 aliphatic rings. The van der Waals surface area contributed by atoms with Crippen LogP contribution < -0.4 is 4.31 Å². The maximum absolute atomic E-state index is 11.2. The zero-order chi connectivity index (χ0) is 22.1. The molecular weight excluding hydrogens is 479 g/mol. The summed E-state index contributed by atoms with van der Waals surface area (Å²) in [4.78, 5) is 20.8. The highest BCUT2D eigenvalue weighted by molar-refractivity contribution is 8.00. The number of hydrogen-bond donors (Lipinski definition) is 1. The van der Waals surface area contributed by atoms with Gasteiger partial charge in [0.1, 0.15) is 5.65 Å². The molecule has 31 heavy (non-hydrogen) atoms. The van der Waals surface area contributed by atoms with Gasteiger partial charge in [0.25, 0.3) is 0 Å². The van der Waals surface area contributed by atoms with E-state index in [1.807, 2.05) is 28.2 Å². The lowest BCUT2D eigenvalue weighted by molar-refractivity contribution is 0.0697. The van der Waals surface area contributed by atoms with Crippen LogP contribution >= 0.6 is 46.8 Å². The summed E-state index contributed by atoms with van der Waals surface area (Å²) in [6.07, 6.45) is 5.27. The molecule has 1 aromatic carbocycles. The van der Waals surface area contributed by atoms with E-state index in [4.69, 9.17) is 34.8 Å². The van der Waals surface area contributed by atoms with E-state index >= 15 is 0 Å². The second-order valence-electron chi connectivity index (χ2n) is 6.72. The minimum atomic E-state index is -1.04. The number of rotatable bonds is 6. The third-order valence-electron chi connectivity index (χ3n) is 4.50. The Morgan fingerprint density at radius 2 is 1.90 bits per heavy atom. The number of aromatic carboxylic acids is 1. The van der Waals surface area contributed by atoms with Crippen LogP contribution in [0.4, 0.5) is 5.82 Å². The van der Waals surface area contributed by atoms with Gasteiger partial charge in [-0.15, -0.1) is 0 Å². The summed E-state index contributed by atoms with van der Waals surface area (Å²) < 4.78 is 3.82. The fourth-order valence-electron chi connectivity index (χ4n) is 3.02. The molecule has 4 aromatic rings. The lowest BCUT2D eigenvalue weighted by Crippen LogP contribution is -2.16. The Bertz CT molecular complexity index is 1300. The zero-order valence-electron chi connectivity index (χ0n) is 16.1. The van der Waals surface area contributed by atoms with Crippen molar-refractivity contribution in [2.75, 3.05) is 4.31 Å². The van der Waals surface area contributed by atoms with Crippen LogP contribution in [-0.2, 0) is 13.6 Å². The second-order valence-corrected chi connectivity index (χ2v) is 9.03. The van der Waals surface area contributed by atoms with E-state index in [2.05, 4.69) is 16.0 Å². The number of aromatic nitrogens is 3. The molecule has 1 N–H and O–H groups in total. The van der Waals surface area contributed by atoms with Crippen molar-refractivity contribution in [3.8, 4) is 0 Å². The van der Waals surface area contributed by atoms with Crippen molar-refractivity contribution in [2.24, 2.45) is 7.05 Å². The predicted molar refractivity (Wildman–Crippen MR) is 125 cm³/mol. The lowest BCUT2D eigenvalue weighted by atomic mass is 10.2. The largest absolute Gasteiger partial charge is 0.478 e. The highest BCUT2D eigenvalue weighted by Gasteiger charge is 2.18. The average Bonchev–Trinajstić information content (AvgIpc) is 3.09. The molecule has 0 aliphatic heterocycles. The van der Waals surface area contributed by atoms with Gasteiger partial charge in [-0.3, -0.25) is 4.31 Å². The van der Waals surface area contributed by atoms with E-state index in [1.165, 1.54) is 30.3 Å². The molecule has 0 aliphatic carbocycles. The molecule has 0 spiro atoms. The van der Waals surface area contributed by atoms with Crippen LogP contribution in [0.3, 0.4) is 0 Å². The minimum Gasteiger partial charge on any atom is -0.478 e. The van der Waals surface area contributed by atoms with E-state index in [0.29, 0.717) is 32.3 Å². The summed E-state index contributed by atoms with van der Waals surface area (Å²) in [7, 11) is 1.94. The molecule has 0 saturated carbocycles. The van der Waals surface area contributed by atoms with Crippen LogP contribution in [0, 0.1) is 0 Å². The molecule has 4 rings (SSSR count). The third-order valence-corrected chi connectivity index (χ3v) is 6.49. The van der Waals surface area contributed by atoms with Gasteiger partial charge in [0.2, 0.25) is 0 Å². The molecule has 0 radical (unpaired) electrons. The predicted octanol–water partition coefficient (Wildman–Crippen LogP) is 6.34. The van der Waals surface area contributed by atoms with Crippen molar-refractivity contribution in [2.45, 2.75) is 11.4 Å². The van der Waals surface area contributed by atoms with Crippen molar-refractivity contribution in [1.82, 2.24) is 14.5 Å². The Balaban J connectivity index is 1.71. The number of fused-ring (bicyclic) bond motifs is 1. The Morgan fingerprint density at radius 1 is 1.10 bits per heavy atom. The SMILES string of the molecule is Cn1ccc2cc(CN(Sc3ccc(C(=O)O)cc3Cl)c3ncc(Cl)cc3Cl)cnc21. The van der Waals surface area contributed by atoms with E-state index in [-0.39, 0.29) is 5.56 Å². The number of pyridine rings is 2. The van der Waals surface area contributed by atoms with Crippen molar-refractivity contribution >= 4 is 69.6 Å². The lowest BCUT2D eigenvalue weighted by Gasteiger charge is -2.24. The molecular formula is C21H15Cl3N4O2S. The van der Waals surface area contributed by atoms with Crippen molar-refractivity contribution in [3.63, 3.8) is 0 Å². The highest BCUT2D eigenvalue weighted by Crippen LogP contribution is 2.38. The molecule has 0 fully saturated rings. The Kier molecular flexibility index (Phi) is 6.29. The number of carbonyl (C=O) groups is 1. The quantitative estimate of drug-likeness (QED) is 0.316.